The van der Waals surface area contributed by atoms with Crippen LogP contribution in [0.2, 0.25) is 5.02 Å². The van der Waals surface area contributed by atoms with E-state index in [1.54, 1.807) is 12.1 Å². The van der Waals surface area contributed by atoms with Gasteiger partial charge in [0.2, 0.25) is 6.41 Å². The monoisotopic (exact) mass is 305 g/mol. The minimum absolute atomic E-state index is 0.0733. The summed E-state index contributed by atoms with van der Waals surface area (Å²) in [6.07, 6.45) is 0.640. The van der Waals surface area contributed by atoms with Crippen molar-refractivity contribution < 1.29 is 19.1 Å². The molecule has 0 aliphatic rings. The number of hydrogen-bond acceptors (Lipinski definition) is 3. The van der Waals surface area contributed by atoms with E-state index in [1.807, 2.05) is 0 Å². The summed E-state index contributed by atoms with van der Waals surface area (Å²) in [5.41, 5.74) is 0.479. The number of halogens is 2. The third kappa shape index (κ3) is 5.08. The second-order valence-corrected chi connectivity index (χ2v) is 5.24. The zero-order valence-electron chi connectivity index (χ0n) is 9.94. The Kier molecular flexibility index (Phi) is 6.66. The summed E-state index contributed by atoms with van der Waals surface area (Å²) < 4.78 is 13.5. The number of hydrogen-bond donors (Lipinski definition) is 2. The summed E-state index contributed by atoms with van der Waals surface area (Å²) in [5.74, 6) is -0.636. The normalized spacial score (nSPS) is 11.9. The first-order valence-electron chi connectivity index (χ1n) is 5.49. The molecule has 4 nitrogen and oxygen atoms in total. The molecule has 1 amide bonds. The molecule has 1 aromatic carbocycles. The number of nitrogens with one attached hydrogen (secondary N) is 1. The largest absolute Gasteiger partial charge is 0.480 e. The van der Waals surface area contributed by atoms with Crippen LogP contribution in [-0.2, 0) is 15.3 Å². The first-order valence-corrected chi connectivity index (χ1v) is 7.02. The topological polar surface area (TPSA) is 66.4 Å². The van der Waals surface area contributed by atoms with Gasteiger partial charge in [0.25, 0.3) is 0 Å². The predicted molar refractivity (Wildman–Crippen MR) is 72.8 cm³/mol. The van der Waals surface area contributed by atoms with Gasteiger partial charge in [-0.25, -0.2) is 9.18 Å². The van der Waals surface area contributed by atoms with Gasteiger partial charge in [0.15, 0.2) is 0 Å². The molecule has 0 aliphatic heterocycles. The molecule has 0 saturated carbocycles. The number of rotatable bonds is 8. The summed E-state index contributed by atoms with van der Waals surface area (Å²) in [4.78, 5) is 21.0. The Morgan fingerprint density at radius 1 is 1.58 bits per heavy atom. The quantitative estimate of drug-likeness (QED) is 0.571. The van der Waals surface area contributed by atoms with Gasteiger partial charge in [-0.2, -0.15) is 11.8 Å². The van der Waals surface area contributed by atoms with Gasteiger partial charge in [0, 0.05) is 5.75 Å². The third-order valence-electron chi connectivity index (χ3n) is 2.41. The maximum Gasteiger partial charge on any atom is 0.326 e. The number of carbonyl (C=O) groups excluding carboxylic acids is 1. The molecule has 0 radical (unpaired) electrons. The molecular formula is C12H13ClFNO3S. The predicted octanol–water partition coefficient (Wildman–Crippen LogP) is 2.30. The van der Waals surface area contributed by atoms with E-state index < -0.39 is 17.8 Å². The van der Waals surface area contributed by atoms with Crippen LogP contribution in [0, 0.1) is 5.82 Å². The zero-order chi connectivity index (χ0) is 14.3. The van der Waals surface area contributed by atoms with E-state index in [2.05, 4.69) is 5.32 Å². The molecule has 1 aromatic rings. The third-order valence-corrected chi connectivity index (χ3v) is 3.74. The molecule has 0 bridgehead atoms. The Bertz CT molecular complexity index is 459. The first kappa shape index (κ1) is 15.8. The highest BCUT2D eigenvalue weighted by Gasteiger charge is 2.15. The van der Waals surface area contributed by atoms with Crippen LogP contribution in [0.1, 0.15) is 12.0 Å². The number of aliphatic carboxylic acids is 1. The van der Waals surface area contributed by atoms with Crippen molar-refractivity contribution in [3.63, 3.8) is 0 Å². The maximum atomic E-state index is 13.5. The highest BCUT2D eigenvalue weighted by atomic mass is 35.5. The minimum Gasteiger partial charge on any atom is -0.480 e. The Hall–Kier alpha value is -1.27. The Balaban J connectivity index is 2.40. The molecule has 0 fully saturated rings. The van der Waals surface area contributed by atoms with Crippen molar-refractivity contribution >= 4 is 35.7 Å². The summed E-state index contributed by atoms with van der Waals surface area (Å²) in [7, 11) is 0. The number of benzene rings is 1. The van der Waals surface area contributed by atoms with Gasteiger partial charge in [-0.15, -0.1) is 0 Å². The lowest BCUT2D eigenvalue weighted by atomic mass is 10.2. The van der Waals surface area contributed by atoms with Gasteiger partial charge in [0.05, 0.1) is 5.02 Å². The summed E-state index contributed by atoms with van der Waals surface area (Å²) in [6.45, 7) is 0. The van der Waals surface area contributed by atoms with Crippen molar-refractivity contribution in [1.82, 2.24) is 5.32 Å². The highest BCUT2D eigenvalue weighted by Crippen LogP contribution is 2.22. The number of thioether (sulfide) groups is 1. The van der Waals surface area contributed by atoms with Crippen molar-refractivity contribution in [2.45, 2.75) is 18.2 Å². The van der Waals surface area contributed by atoms with Crippen LogP contribution >= 0.6 is 23.4 Å². The molecule has 2 N–H and O–H groups in total. The van der Waals surface area contributed by atoms with E-state index >= 15 is 0 Å². The van der Waals surface area contributed by atoms with E-state index in [9.17, 15) is 14.0 Å². The van der Waals surface area contributed by atoms with Crippen LogP contribution in [0.5, 0.6) is 0 Å². The van der Waals surface area contributed by atoms with Gasteiger partial charge < -0.3 is 10.4 Å². The number of carboxylic acids is 1. The molecule has 1 unspecified atom stereocenters. The van der Waals surface area contributed by atoms with Gasteiger partial charge >= 0.3 is 5.97 Å². The lowest BCUT2D eigenvalue weighted by Gasteiger charge is -2.10. The van der Waals surface area contributed by atoms with Gasteiger partial charge in [-0.1, -0.05) is 23.7 Å². The molecule has 0 spiro atoms. The first-order chi connectivity index (χ1) is 9.06. The van der Waals surface area contributed by atoms with Crippen molar-refractivity contribution in [2.24, 2.45) is 0 Å². The molecule has 0 heterocycles. The van der Waals surface area contributed by atoms with Crippen molar-refractivity contribution in [1.29, 1.82) is 0 Å². The van der Waals surface area contributed by atoms with E-state index in [4.69, 9.17) is 16.7 Å². The zero-order valence-corrected chi connectivity index (χ0v) is 11.5. The molecule has 1 rings (SSSR count). The molecule has 7 heteroatoms. The molecule has 19 heavy (non-hydrogen) atoms. The highest BCUT2D eigenvalue weighted by molar-refractivity contribution is 7.98. The Labute approximate surface area is 119 Å². The summed E-state index contributed by atoms with van der Waals surface area (Å²) in [5, 5.41) is 11.1. The van der Waals surface area contributed by atoms with E-state index in [-0.39, 0.29) is 11.4 Å². The minimum atomic E-state index is -1.08. The van der Waals surface area contributed by atoms with Crippen LogP contribution in [0.4, 0.5) is 4.39 Å². The lowest BCUT2D eigenvalue weighted by molar-refractivity contribution is -0.140. The second kappa shape index (κ2) is 8.01. The fourth-order valence-electron chi connectivity index (χ4n) is 1.40. The van der Waals surface area contributed by atoms with Crippen LogP contribution in [-0.4, -0.2) is 29.3 Å². The van der Waals surface area contributed by atoms with Gasteiger partial charge in [-0.05, 0) is 23.8 Å². The van der Waals surface area contributed by atoms with E-state index in [0.29, 0.717) is 23.5 Å². The Morgan fingerprint density at radius 2 is 2.32 bits per heavy atom. The second-order valence-electron chi connectivity index (χ2n) is 3.73. The van der Waals surface area contributed by atoms with Crippen LogP contribution < -0.4 is 5.32 Å². The molecule has 0 saturated heterocycles. The number of amides is 1. The van der Waals surface area contributed by atoms with Gasteiger partial charge in [0.1, 0.15) is 11.9 Å². The van der Waals surface area contributed by atoms with Crippen LogP contribution in [0.3, 0.4) is 0 Å². The number of carboxylic acid groups (broad SMARTS) is 1. The Morgan fingerprint density at radius 3 is 2.95 bits per heavy atom. The maximum absolute atomic E-state index is 13.5. The van der Waals surface area contributed by atoms with E-state index in [1.165, 1.54) is 17.8 Å². The van der Waals surface area contributed by atoms with Crippen molar-refractivity contribution in [2.75, 3.05) is 5.75 Å². The van der Waals surface area contributed by atoms with Crippen LogP contribution in [0.15, 0.2) is 18.2 Å². The number of carbonyl (C=O) groups is 2. The van der Waals surface area contributed by atoms with Crippen molar-refractivity contribution in [3.05, 3.63) is 34.6 Å². The molecule has 0 aromatic heterocycles. The fourth-order valence-corrected chi connectivity index (χ4v) is 2.59. The summed E-state index contributed by atoms with van der Waals surface area (Å²) >= 11 is 7.03. The lowest BCUT2D eigenvalue weighted by Crippen LogP contribution is -2.36. The van der Waals surface area contributed by atoms with Crippen molar-refractivity contribution in [3.8, 4) is 0 Å². The van der Waals surface area contributed by atoms with E-state index in [0.717, 1.165) is 0 Å². The average Bonchev–Trinajstić information content (AvgIpc) is 2.37. The average molecular weight is 306 g/mol. The smallest absolute Gasteiger partial charge is 0.326 e. The molecule has 104 valence electrons. The summed E-state index contributed by atoms with van der Waals surface area (Å²) in [6, 6.07) is 3.86. The molecule has 0 aliphatic carbocycles. The SMILES string of the molecule is O=CNC(CCSCc1cccc(Cl)c1F)C(=O)O. The standard InChI is InChI=1S/C12H13ClFNO3S/c13-9-3-1-2-8(11(9)14)6-19-5-4-10(12(17)18)15-7-16/h1-3,7,10H,4-6H2,(H,15,16)(H,17,18). The molecule has 1 atom stereocenters. The van der Waals surface area contributed by atoms with Gasteiger partial charge in [-0.3, -0.25) is 4.79 Å². The molecular weight excluding hydrogens is 293 g/mol. The van der Waals surface area contributed by atoms with Crippen LogP contribution in [0.25, 0.3) is 0 Å². The fraction of sp³-hybridized carbons (Fsp3) is 0.333.